The summed E-state index contributed by atoms with van der Waals surface area (Å²) >= 11 is 1.89. The molecule has 60 heavy (non-hydrogen) atoms. The molecule has 1 aliphatic rings. The average Bonchev–Trinajstić information content (AvgIpc) is 3.81. The first-order chi connectivity index (χ1) is 29.5. The zero-order chi connectivity index (χ0) is 40.0. The zero-order valence-electron chi connectivity index (χ0n) is 33.1. The highest BCUT2D eigenvalue weighted by molar-refractivity contribution is 7.27. The van der Waals surface area contributed by atoms with Gasteiger partial charge in [0.15, 0.2) is 5.82 Å². The van der Waals surface area contributed by atoms with Crippen LogP contribution in [0.25, 0.3) is 109 Å². The molecule has 0 atom stereocenters. The highest BCUT2D eigenvalue weighted by Gasteiger charge is 2.35. The van der Waals surface area contributed by atoms with Crippen LogP contribution in [0.2, 0.25) is 0 Å². The standard InChI is InChI=1S/C56H37N3S/c1-56(2)46-22-11-9-18-40(46)45-32-38(28-31-47(45)56)50-33-49(58-55(59-50)37-16-7-4-8-17-37)35-26-24-34(25-27-35)39-20-13-21-41-42-29-30-44-51(54(42)60-53(39)41)43-19-10-12-23-48(43)57-52(44)36-14-5-3-6-15-36/h3-33H,1-2H3. The van der Waals surface area contributed by atoms with Crippen LogP contribution in [0.5, 0.6) is 0 Å². The van der Waals surface area contributed by atoms with Crippen LogP contribution in [0, 0.1) is 0 Å². The number of fused-ring (bicyclic) bond motifs is 10. The molecule has 0 radical (unpaired) electrons. The molecule has 3 heterocycles. The number of para-hydroxylation sites is 1. The van der Waals surface area contributed by atoms with Gasteiger partial charge >= 0.3 is 0 Å². The van der Waals surface area contributed by atoms with E-state index in [-0.39, 0.29) is 5.41 Å². The van der Waals surface area contributed by atoms with Gasteiger partial charge in [0.25, 0.3) is 0 Å². The van der Waals surface area contributed by atoms with Crippen LogP contribution >= 0.6 is 11.3 Å². The minimum absolute atomic E-state index is 0.0516. The summed E-state index contributed by atoms with van der Waals surface area (Å²) in [7, 11) is 0. The highest BCUT2D eigenvalue weighted by Crippen LogP contribution is 2.50. The predicted molar refractivity (Wildman–Crippen MR) is 252 cm³/mol. The van der Waals surface area contributed by atoms with Crippen molar-refractivity contribution >= 4 is 53.2 Å². The SMILES string of the molecule is CC1(C)c2ccccc2-c2cc(-c3cc(-c4ccc(-c5cccc6c5sc5c6ccc6c(-c7ccccc7)nc7ccccc7c65)cc4)nc(-c4ccccc4)n3)ccc21. The first kappa shape index (κ1) is 34.7. The summed E-state index contributed by atoms with van der Waals surface area (Å²) in [5.41, 5.74) is 15.8. The van der Waals surface area contributed by atoms with Crippen molar-refractivity contribution in [2.75, 3.05) is 0 Å². The fraction of sp³-hybridized carbons (Fsp3) is 0.0536. The molecule has 0 N–H and O–H groups in total. The molecular formula is C56H37N3S. The summed E-state index contributed by atoms with van der Waals surface area (Å²) in [4.78, 5) is 15.6. The summed E-state index contributed by atoms with van der Waals surface area (Å²) in [6.07, 6.45) is 0. The van der Waals surface area contributed by atoms with Gasteiger partial charge in [-0.25, -0.2) is 15.0 Å². The van der Waals surface area contributed by atoms with Gasteiger partial charge in [0, 0.05) is 64.0 Å². The van der Waals surface area contributed by atoms with Gasteiger partial charge in [-0.3, -0.25) is 0 Å². The lowest BCUT2D eigenvalue weighted by molar-refractivity contribution is 0.660. The summed E-state index contributed by atoms with van der Waals surface area (Å²) in [6, 6.07) is 67.4. The smallest absolute Gasteiger partial charge is 0.160 e. The maximum atomic E-state index is 5.20. The van der Waals surface area contributed by atoms with Crippen molar-refractivity contribution in [3.05, 3.63) is 199 Å². The first-order valence-corrected chi connectivity index (χ1v) is 21.3. The lowest BCUT2D eigenvalue weighted by atomic mass is 9.82. The Labute approximate surface area is 352 Å². The minimum Gasteiger partial charge on any atom is -0.247 e. The van der Waals surface area contributed by atoms with Crippen LogP contribution in [-0.4, -0.2) is 15.0 Å². The monoisotopic (exact) mass is 783 g/mol. The normalized spacial score (nSPS) is 13.0. The van der Waals surface area contributed by atoms with Crippen molar-refractivity contribution < 1.29 is 0 Å². The van der Waals surface area contributed by atoms with Crippen LogP contribution < -0.4 is 0 Å². The van der Waals surface area contributed by atoms with E-state index < -0.39 is 0 Å². The molecule has 0 fully saturated rings. The molecule has 0 bridgehead atoms. The molecule has 12 rings (SSSR count). The predicted octanol–water partition coefficient (Wildman–Crippen LogP) is 15.2. The molecule has 0 saturated carbocycles. The number of rotatable bonds is 5. The second-order valence-electron chi connectivity index (χ2n) is 16.3. The fourth-order valence-corrected chi connectivity index (χ4v) is 10.9. The van der Waals surface area contributed by atoms with Gasteiger partial charge in [0.1, 0.15) is 0 Å². The van der Waals surface area contributed by atoms with Gasteiger partial charge in [-0.05, 0) is 51.6 Å². The van der Waals surface area contributed by atoms with Crippen molar-refractivity contribution in [3.8, 4) is 67.4 Å². The topological polar surface area (TPSA) is 38.7 Å². The maximum absolute atomic E-state index is 5.20. The molecule has 0 amide bonds. The Morgan fingerprint density at radius 3 is 1.80 bits per heavy atom. The molecule has 0 saturated heterocycles. The lowest BCUT2D eigenvalue weighted by Crippen LogP contribution is -2.14. The molecule has 282 valence electrons. The van der Waals surface area contributed by atoms with E-state index in [1.54, 1.807) is 0 Å². The van der Waals surface area contributed by atoms with E-state index in [9.17, 15) is 0 Å². The Morgan fingerprint density at radius 2 is 0.983 bits per heavy atom. The summed E-state index contributed by atoms with van der Waals surface area (Å²) in [5, 5.41) is 6.18. The van der Waals surface area contributed by atoms with E-state index in [0.29, 0.717) is 5.82 Å². The molecule has 3 nitrogen and oxygen atoms in total. The Hall–Kier alpha value is -7.27. The van der Waals surface area contributed by atoms with Crippen molar-refractivity contribution in [2.24, 2.45) is 0 Å². The van der Waals surface area contributed by atoms with Gasteiger partial charge in [0.05, 0.1) is 22.6 Å². The average molecular weight is 784 g/mol. The van der Waals surface area contributed by atoms with Gasteiger partial charge in [-0.1, -0.05) is 184 Å². The molecule has 0 spiro atoms. The first-order valence-electron chi connectivity index (χ1n) is 20.5. The Balaban J connectivity index is 0.982. The highest BCUT2D eigenvalue weighted by atomic mass is 32.1. The number of pyridine rings is 1. The van der Waals surface area contributed by atoms with E-state index in [4.69, 9.17) is 15.0 Å². The van der Waals surface area contributed by atoms with Gasteiger partial charge in [-0.2, -0.15) is 0 Å². The molecule has 1 aliphatic carbocycles. The molecule has 8 aromatic carbocycles. The lowest BCUT2D eigenvalue weighted by Gasteiger charge is -2.21. The van der Waals surface area contributed by atoms with Crippen molar-refractivity contribution in [2.45, 2.75) is 19.3 Å². The van der Waals surface area contributed by atoms with Crippen LogP contribution in [0.1, 0.15) is 25.0 Å². The molecule has 0 unspecified atom stereocenters. The van der Waals surface area contributed by atoms with E-state index in [2.05, 4.69) is 184 Å². The zero-order valence-corrected chi connectivity index (χ0v) is 34.0. The summed E-state index contributed by atoms with van der Waals surface area (Å²) in [6.45, 7) is 4.64. The Bertz CT molecular complexity index is 3490. The second-order valence-corrected chi connectivity index (χ2v) is 17.3. The number of benzene rings is 8. The van der Waals surface area contributed by atoms with E-state index in [1.807, 2.05) is 29.5 Å². The number of aromatic nitrogens is 3. The molecule has 0 aliphatic heterocycles. The summed E-state index contributed by atoms with van der Waals surface area (Å²) in [5.74, 6) is 0.717. The van der Waals surface area contributed by atoms with E-state index in [0.717, 1.165) is 44.9 Å². The number of hydrogen-bond donors (Lipinski definition) is 0. The third-order valence-corrected chi connectivity index (χ3v) is 13.8. The third-order valence-electron chi connectivity index (χ3n) is 12.5. The van der Waals surface area contributed by atoms with Crippen LogP contribution in [-0.2, 0) is 5.41 Å². The number of thiophene rings is 1. The Morgan fingerprint density at radius 1 is 0.383 bits per heavy atom. The van der Waals surface area contributed by atoms with E-state index in [1.165, 1.54) is 69.7 Å². The van der Waals surface area contributed by atoms with Gasteiger partial charge < -0.3 is 0 Å². The molecule has 11 aromatic rings. The third kappa shape index (κ3) is 5.38. The number of hydrogen-bond acceptors (Lipinski definition) is 4. The number of nitrogens with zero attached hydrogens (tertiary/aromatic N) is 3. The molecule has 3 aromatic heterocycles. The summed E-state index contributed by atoms with van der Waals surface area (Å²) < 4.78 is 2.58. The molecule has 4 heteroatoms. The molecular weight excluding hydrogens is 747 g/mol. The van der Waals surface area contributed by atoms with Crippen LogP contribution in [0.4, 0.5) is 0 Å². The van der Waals surface area contributed by atoms with Crippen molar-refractivity contribution in [1.82, 2.24) is 15.0 Å². The van der Waals surface area contributed by atoms with Crippen LogP contribution in [0.15, 0.2) is 188 Å². The quantitative estimate of drug-likeness (QED) is 0.163. The second kappa shape index (κ2) is 13.4. The van der Waals surface area contributed by atoms with E-state index >= 15 is 0 Å². The van der Waals surface area contributed by atoms with Crippen molar-refractivity contribution in [3.63, 3.8) is 0 Å². The van der Waals surface area contributed by atoms with Crippen LogP contribution in [0.3, 0.4) is 0 Å². The fourth-order valence-electron chi connectivity index (χ4n) is 9.49. The van der Waals surface area contributed by atoms with Gasteiger partial charge in [-0.15, -0.1) is 11.3 Å². The van der Waals surface area contributed by atoms with Gasteiger partial charge in [0.2, 0.25) is 0 Å². The Kier molecular flexibility index (Phi) is 7.75. The minimum atomic E-state index is -0.0516. The maximum Gasteiger partial charge on any atom is 0.160 e. The van der Waals surface area contributed by atoms with Crippen molar-refractivity contribution in [1.29, 1.82) is 0 Å². The largest absolute Gasteiger partial charge is 0.247 e.